The number of urea groups is 1. The van der Waals surface area contributed by atoms with E-state index < -0.39 is 29.9 Å². The number of unbranched alkanes of at least 4 members (excludes halogenated alkanes) is 2. The van der Waals surface area contributed by atoms with Crippen LogP contribution in [0.15, 0.2) is 36.4 Å². The Kier molecular flexibility index (Phi) is 14.3. The molecule has 0 aliphatic carbocycles. The van der Waals surface area contributed by atoms with Crippen LogP contribution < -0.4 is 27.0 Å². The normalized spacial score (nSPS) is 17.0. The van der Waals surface area contributed by atoms with Crippen LogP contribution >= 0.6 is 0 Å². The number of ether oxygens (including phenoxy) is 1. The predicted octanol–water partition coefficient (Wildman–Crippen LogP) is 2.41. The van der Waals surface area contributed by atoms with Gasteiger partial charge >= 0.3 is 12.1 Å². The quantitative estimate of drug-likeness (QED) is 0.128. The first-order chi connectivity index (χ1) is 23.5. The minimum Gasteiger partial charge on any atom is -0.445 e. The van der Waals surface area contributed by atoms with Gasteiger partial charge in [-0.25, -0.2) is 9.59 Å². The number of primary amides is 1. The summed E-state index contributed by atoms with van der Waals surface area (Å²) in [6.45, 7) is 11.3. The molecule has 8 amide bonds. The lowest BCUT2D eigenvalue weighted by Gasteiger charge is -2.26. The molecule has 3 rings (SSSR count). The lowest BCUT2D eigenvalue weighted by atomic mass is 9.80. The Morgan fingerprint density at radius 3 is 2.18 bits per heavy atom. The molecule has 0 saturated carbocycles. The molecule has 6 N–H and O–H groups in total. The minimum absolute atomic E-state index is 0.0611. The molecule has 0 radical (unpaired) electrons. The van der Waals surface area contributed by atoms with E-state index in [2.05, 4.69) is 42.0 Å². The van der Waals surface area contributed by atoms with Gasteiger partial charge in [-0.05, 0) is 54.2 Å². The minimum atomic E-state index is -1.23. The molecule has 3 atom stereocenters. The second-order valence-electron chi connectivity index (χ2n) is 14.1. The molecule has 1 aromatic rings. The van der Waals surface area contributed by atoms with Crippen molar-refractivity contribution in [1.29, 1.82) is 0 Å². The van der Waals surface area contributed by atoms with Crippen LogP contribution in [-0.2, 0) is 35.3 Å². The number of nitrogens with one attached hydrogen (secondary N) is 4. The van der Waals surface area contributed by atoms with Crippen LogP contribution in [0, 0.1) is 17.3 Å². The summed E-state index contributed by atoms with van der Waals surface area (Å²) in [5.74, 6) is -2.25. The summed E-state index contributed by atoms with van der Waals surface area (Å²) in [5.41, 5.74) is 6.45. The number of carbonyl (C=O) groups is 7. The largest absolute Gasteiger partial charge is 0.445 e. The number of hydrogen-bond donors (Lipinski definition) is 5. The third kappa shape index (κ3) is 12.2. The van der Waals surface area contributed by atoms with Crippen molar-refractivity contribution >= 4 is 47.3 Å². The Balaban J connectivity index is 1.49. The molecule has 0 unspecified atom stereocenters. The molecule has 0 spiro atoms. The van der Waals surface area contributed by atoms with E-state index in [9.17, 15) is 33.6 Å². The maximum absolute atomic E-state index is 13.3. The van der Waals surface area contributed by atoms with Crippen molar-refractivity contribution in [3.8, 4) is 0 Å². The highest BCUT2D eigenvalue weighted by molar-refractivity contribution is 6.12. The summed E-state index contributed by atoms with van der Waals surface area (Å²) in [5, 5.41) is 10.4. The Labute approximate surface area is 293 Å². The van der Waals surface area contributed by atoms with Crippen LogP contribution in [-0.4, -0.2) is 89.7 Å². The first-order valence-corrected chi connectivity index (χ1v) is 17.0. The smallest absolute Gasteiger partial charge is 0.410 e. The van der Waals surface area contributed by atoms with Gasteiger partial charge in [0.2, 0.25) is 17.7 Å². The van der Waals surface area contributed by atoms with Gasteiger partial charge in [0.1, 0.15) is 18.7 Å². The summed E-state index contributed by atoms with van der Waals surface area (Å²) in [4.78, 5) is 89.4. The Bertz CT molecular complexity index is 1420. The zero-order valence-corrected chi connectivity index (χ0v) is 29.6. The third-order valence-corrected chi connectivity index (χ3v) is 8.82. The second kappa shape index (κ2) is 18.2. The Morgan fingerprint density at radius 2 is 1.60 bits per heavy atom. The summed E-state index contributed by atoms with van der Waals surface area (Å²) in [6.07, 6.45) is 4.74. The number of likely N-dealkylation sites (tertiary alicyclic amines) is 1. The van der Waals surface area contributed by atoms with Crippen molar-refractivity contribution < 1.29 is 38.3 Å². The van der Waals surface area contributed by atoms with E-state index in [0.29, 0.717) is 49.5 Å². The van der Waals surface area contributed by atoms with Crippen molar-refractivity contribution in [3.63, 3.8) is 0 Å². The van der Waals surface area contributed by atoms with E-state index in [4.69, 9.17) is 10.5 Å². The fraction of sp³-hybridized carbons (Fsp3) is 0.571. The van der Waals surface area contributed by atoms with E-state index in [1.54, 1.807) is 43.0 Å². The average Bonchev–Trinajstić information content (AvgIpc) is 3.68. The standard InChI is InChI=1S/C35H51N7O8/c1-22(2)30(40-27(43)9-7-6-8-17-42-28(44)14-15-29(42)45)32(47)39-26(19-37-33(36)48)31(46)38-25-12-10-23(11-13-25)21-50-34(49)41-18-16-24(20-41)35(3,4)5/h10-15,22,24,26,30H,6-9,16-21H2,1-5H3,(H,38,46)(H,39,47)(H,40,43)(H3,36,37,48)/t24-,26+,30+/m1/s1. The topological polar surface area (TPSA) is 209 Å². The number of hydrogen-bond acceptors (Lipinski definition) is 8. The molecule has 2 aliphatic heterocycles. The van der Waals surface area contributed by atoms with Crippen molar-refractivity contribution in [2.75, 3.05) is 31.5 Å². The first-order valence-electron chi connectivity index (χ1n) is 17.0. The van der Waals surface area contributed by atoms with Crippen LogP contribution in [0.4, 0.5) is 15.3 Å². The molecule has 15 heteroatoms. The highest BCUT2D eigenvalue weighted by atomic mass is 16.6. The van der Waals surface area contributed by atoms with Crippen molar-refractivity contribution in [3.05, 3.63) is 42.0 Å². The van der Waals surface area contributed by atoms with E-state index in [0.717, 1.165) is 11.3 Å². The molecular weight excluding hydrogens is 646 g/mol. The van der Waals surface area contributed by atoms with Crippen molar-refractivity contribution in [2.24, 2.45) is 23.0 Å². The van der Waals surface area contributed by atoms with Gasteiger partial charge in [0.25, 0.3) is 11.8 Å². The van der Waals surface area contributed by atoms with Crippen LogP contribution in [0.3, 0.4) is 0 Å². The van der Waals surface area contributed by atoms with Gasteiger partial charge in [-0.2, -0.15) is 0 Å². The van der Waals surface area contributed by atoms with Gasteiger partial charge in [-0.3, -0.25) is 28.9 Å². The number of rotatable bonds is 16. The maximum atomic E-state index is 13.3. The third-order valence-electron chi connectivity index (χ3n) is 8.82. The van der Waals surface area contributed by atoms with Crippen LogP contribution in [0.2, 0.25) is 0 Å². The van der Waals surface area contributed by atoms with Crippen molar-refractivity contribution in [2.45, 2.75) is 85.4 Å². The molecule has 0 aromatic heterocycles. The monoisotopic (exact) mass is 697 g/mol. The predicted molar refractivity (Wildman–Crippen MR) is 185 cm³/mol. The number of carbonyl (C=O) groups excluding carboxylic acids is 7. The number of nitrogens with two attached hydrogens (primary N) is 1. The second-order valence-corrected chi connectivity index (χ2v) is 14.1. The molecule has 274 valence electrons. The molecule has 15 nitrogen and oxygen atoms in total. The molecule has 1 aromatic carbocycles. The van der Waals surface area contributed by atoms with Gasteiger partial charge < -0.3 is 36.6 Å². The zero-order chi connectivity index (χ0) is 37.0. The van der Waals surface area contributed by atoms with E-state index in [-0.39, 0.29) is 61.3 Å². The maximum Gasteiger partial charge on any atom is 0.410 e. The van der Waals surface area contributed by atoms with Gasteiger partial charge in [0.15, 0.2) is 0 Å². The SMILES string of the molecule is CC(C)[C@H](NC(=O)CCCCCN1C(=O)C=CC1=O)C(=O)N[C@@H](CNC(N)=O)C(=O)Nc1ccc(COC(=O)N2CC[C@@H](C(C)(C)C)C2)cc1. The summed E-state index contributed by atoms with van der Waals surface area (Å²) < 4.78 is 5.50. The number of benzene rings is 1. The van der Waals surface area contributed by atoms with Gasteiger partial charge in [-0.15, -0.1) is 0 Å². The zero-order valence-electron chi connectivity index (χ0n) is 29.6. The summed E-state index contributed by atoms with van der Waals surface area (Å²) >= 11 is 0. The van der Waals surface area contributed by atoms with Gasteiger partial charge in [0.05, 0.1) is 0 Å². The number of amides is 8. The lowest BCUT2D eigenvalue weighted by molar-refractivity contribution is -0.137. The van der Waals surface area contributed by atoms with E-state index >= 15 is 0 Å². The Hall–Kier alpha value is -4.95. The fourth-order valence-electron chi connectivity index (χ4n) is 5.62. The average molecular weight is 698 g/mol. The van der Waals surface area contributed by atoms with Crippen LogP contribution in [0.25, 0.3) is 0 Å². The molecule has 1 fully saturated rings. The highest BCUT2D eigenvalue weighted by Gasteiger charge is 2.34. The molecular formula is C35H51N7O8. The van der Waals surface area contributed by atoms with Crippen LogP contribution in [0.5, 0.6) is 0 Å². The van der Waals surface area contributed by atoms with E-state index in [1.165, 1.54) is 12.2 Å². The van der Waals surface area contributed by atoms with Gasteiger partial charge in [-0.1, -0.05) is 53.2 Å². The van der Waals surface area contributed by atoms with Crippen molar-refractivity contribution in [1.82, 2.24) is 25.8 Å². The molecule has 2 aliphatic rings. The fourth-order valence-corrected chi connectivity index (χ4v) is 5.62. The van der Waals surface area contributed by atoms with Gasteiger partial charge in [0, 0.05) is 50.4 Å². The highest BCUT2D eigenvalue weighted by Crippen LogP contribution is 2.33. The van der Waals surface area contributed by atoms with E-state index in [1.807, 2.05) is 0 Å². The molecule has 0 bridgehead atoms. The molecule has 2 heterocycles. The Morgan fingerprint density at radius 1 is 0.940 bits per heavy atom. The number of anilines is 1. The first kappa shape index (κ1) is 39.5. The number of imide groups is 1. The molecule has 1 saturated heterocycles. The number of nitrogens with zero attached hydrogens (tertiary/aromatic N) is 2. The molecule has 50 heavy (non-hydrogen) atoms. The lowest BCUT2D eigenvalue weighted by Crippen LogP contribution is -2.57. The summed E-state index contributed by atoms with van der Waals surface area (Å²) in [7, 11) is 0. The summed E-state index contributed by atoms with van der Waals surface area (Å²) in [6, 6.07) is 3.57. The van der Waals surface area contributed by atoms with Crippen LogP contribution in [0.1, 0.15) is 72.3 Å².